The minimum absolute atomic E-state index is 0.173. The van der Waals surface area contributed by atoms with Gasteiger partial charge in [-0.15, -0.1) is 0 Å². The Hall–Kier alpha value is -1.10. The maximum absolute atomic E-state index is 11.9. The van der Waals surface area contributed by atoms with Gasteiger partial charge in [0.15, 0.2) is 0 Å². The van der Waals surface area contributed by atoms with Crippen LogP contribution in [0.5, 0.6) is 0 Å². The smallest absolute Gasteiger partial charge is 0.326 e. The Bertz CT molecular complexity index is 260. The van der Waals surface area contributed by atoms with Crippen molar-refractivity contribution in [3.8, 4) is 0 Å². The molecule has 0 spiro atoms. The van der Waals surface area contributed by atoms with Crippen molar-refractivity contribution in [2.75, 3.05) is 6.54 Å². The van der Waals surface area contributed by atoms with E-state index in [1.807, 2.05) is 6.92 Å². The lowest BCUT2D eigenvalue weighted by atomic mass is 10.1. The molecule has 1 unspecified atom stereocenters. The fourth-order valence-corrected chi connectivity index (χ4v) is 2.07. The largest absolute Gasteiger partial charge is 0.480 e. The van der Waals surface area contributed by atoms with E-state index in [4.69, 9.17) is 5.11 Å². The molecule has 2 atom stereocenters. The van der Waals surface area contributed by atoms with Crippen LogP contribution in [0, 0.1) is 0 Å². The molecule has 0 aromatic carbocycles. The molecule has 1 rings (SSSR count). The van der Waals surface area contributed by atoms with Crippen molar-refractivity contribution < 1.29 is 14.7 Å². The summed E-state index contributed by atoms with van der Waals surface area (Å²) in [6, 6.07) is -0.978. The molecule has 1 amide bonds. The van der Waals surface area contributed by atoms with E-state index in [1.165, 1.54) is 0 Å². The third kappa shape index (κ3) is 4.73. The summed E-state index contributed by atoms with van der Waals surface area (Å²) in [5, 5.41) is 14.7. The summed E-state index contributed by atoms with van der Waals surface area (Å²) in [7, 11) is 0. The second kappa shape index (κ2) is 7.27. The molecule has 1 saturated heterocycles. The minimum Gasteiger partial charge on any atom is -0.480 e. The minimum atomic E-state index is -0.950. The zero-order valence-corrected chi connectivity index (χ0v) is 10.4. The summed E-state index contributed by atoms with van der Waals surface area (Å²) in [6.45, 7) is 2.75. The maximum atomic E-state index is 11.9. The summed E-state index contributed by atoms with van der Waals surface area (Å²) < 4.78 is 0. The van der Waals surface area contributed by atoms with Gasteiger partial charge < -0.3 is 15.7 Å². The van der Waals surface area contributed by atoms with E-state index in [-0.39, 0.29) is 11.9 Å². The highest BCUT2D eigenvalue weighted by Crippen LogP contribution is 2.09. The van der Waals surface area contributed by atoms with Gasteiger partial charge in [0.1, 0.15) is 6.04 Å². The molecular weight excluding hydrogens is 220 g/mol. The third-order valence-corrected chi connectivity index (χ3v) is 3.07. The Labute approximate surface area is 102 Å². The number of aliphatic carboxylic acids is 1. The fourth-order valence-electron chi connectivity index (χ4n) is 2.07. The standard InChI is InChI=1S/C12H22N2O3/c1-2-6-10(12(16)17)14-11(15)9-7-4-3-5-8-13-9/h9-10,13H,2-8H2,1H3,(H,14,15)(H,16,17)/t9?,10-/m0/s1. The molecule has 0 radical (unpaired) electrons. The Morgan fingerprint density at radius 1 is 1.41 bits per heavy atom. The van der Waals surface area contributed by atoms with Gasteiger partial charge in [-0.05, 0) is 25.8 Å². The molecule has 1 aliphatic heterocycles. The maximum Gasteiger partial charge on any atom is 0.326 e. The summed E-state index contributed by atoms with van der Waals surface area (Å²) in [5.41, 5.74) is 0. The lowest BCUT2D eigenvalue weighted by Gasteiger charge is -2.19. The number of carbonyl (C=O) groups is 2. The van der Waals surface area contributed by atoms with Crippen molar-refractivity contribution in [1.82, 2.24) is 10.6 Å². The molecule has 1 fully saturated rings. The number of carboxylic acid groups (broad SMARTS) is 1. The third-order valence-electron chi connectivity index (χ3n) is 3.07. The van der Waals surface area contributed by atoms with Gasteiger partial charge in [-0.2, -0.15) is 0 Å². The number of hydrogen-bond acceptors (Lipinski definition) is 3. The zero-order chi connectivity index (χ0) is 12.7. The topological polar surface area (TPSA) is 78.4 Å². The van der Waals surface area contributed by atoms with Crippen molar-refractivity contribution >= 4 is 11.9 Å². The van der Waals surface area contributed by atoms with E-state index in [1.54, 1.807) is 0 Å². The van der Waals surface area contributed by atoms with Gasteiger partial charge in [0, 0.05) is 0 Å². The highest BCUT2D eigenvalue weighted by molar-refractivity contribution is 5.86. The molecule has 5 heteroatoms. The number of amides is 1. The average molecular weight is 242 g/mol. The number of carboxylic acids is 1. The lowest BCUT2D eigenvalue weighted by molar-refractivity contribution is -0.142. The predicted molar refractivity (Wildman–Crippen MR) is 64.7 cm³/mol. The summed E-state index contributed by atoms with van der Waals surface area (Å²) in [4.78, 5) is 22.8. The van der Waals surface area contributed by atoms with E-state index < -0.39 is 12.0 Å². The Kier molecular flexibility index (Phi) is 5.97. The van der Waals surface area contributed by atoms with E-state index >= 15 is 0 Å². The quantitative estimate of drug-likeness (QED) is 0.669. The van der Waals surface area contributed by atoms with Crippen LogP contribution >= 0.6 is 0 Å². The van der Waals surface area contributed by atoms with Crippen LogP contribution in [0.15, 0.2) is 0 Å². The molecule has 1 heterocycles. The molecule has 98 valence electrons. The van der Waals surface area contributed by atoms with Crippen molar-refractivity contribution in [3.05, 3.63) is 0 Å². The first-order valence-electron chi connectivity index (χ1n) is 6.41. The number of carbonyl (C=O) groups excluding carboxylic acids is 1. The van der Waals surface area contributed by atoms with Crippen molar-refractivity contribution in [3.63, 3.8) is 0 Å². The van der Waals surface area contributed by atoms with E-state index in [9.17, 15) is 9.59 Å². The Morgan fingerprint density at radius 2 is 2.18 bits per heavy atom. The van der Waals surface area contributed by atoms with Gasteiger partial charge in [-0.1, -0.05) is 26.2 Å². The van der Waals surface area contributed by atoms with E-state index in [0.29, 0.717) is 6.42 Å². The molecular formula is C12H22N2O3. The van der Waals surface area contributed by atoms with E-state index in [0.717, 1.165) is 38.6 Å². The normalized spacial score (nSPS) is 22.5. The van der Waals surface area contributed by atoms with Gasteiger partial charge in [0.05, 0.1) is 6.04 Å². The van der Waals surface area contributed by atoms with Gasteiger partial charge in [-0.3, -0.25) is 4.79 Å². The SMILES string of the molecule is CCC[C@H](NC(=O)C1CCCCCN1)C(=O)O. The Balaban J connectivity index is 2.47. The van der Waals surface area contributed by atoms with Crippen molar-refractivity contribution in [2.45, 2.75) is 57.5 Å². The molecule has 0 aromatic rings. The van der Waals surface area contributed by atoms with Crippen LogP contribution in [0.1, 0.15) is 45.4 Å². The van der Waals surface area contributed by atoms with E-state index in [2.05, 4.69) is 10.6 Å². The van der Waals surface area contributed by atoms with Crippen LogP contribution in [0.3, 0.4) is 0 Å². The lowest BCUT2D eigenvalue weighted by Crippen LogP contribution is -2.49. The molecule has 0 aromatic heterocycles. The second-order valence-corrected chi connectivity index (χ2v) is 4.54. The molecule has 0 saturated carbocycles. The number of nitrogens with one attached hydrogen (secondary N) is 2. The molecule has 17 heavy (non-hydrogen) atoms. The van der Waals surface area contributed by atoms with Crippen LogP contribution in [0.2, 0.25) is 0 Å². The second-order valence-electron chi connectivity index (χ2n) is 4.54. The van der Waals surface area contributed by atoms with Crippen LogP contribution in [-0.4, -0.2) is 35.6 Å². The average Bonchev–Trinajstić information content (AvgIpc) is 2.56. The van der Waals surface area contributed by atoms with Crippen LogP contribution in [0.25, 0.3) is 0 Å². The summed E-state index contributed by atoms with van der Waals surface area (Å²) >= 11 is 0. The molecule has 0 aliphatic carbocycles. The van der Waals surface area contributed by atoms with Crippen LogP contribution in [-0.2, 0) is 9.59 Å². The van der Waals surface area contributed by atoms with Crippen molar-refractivity contribution in [2.24, 2.45) is 0 Å². The first kappa shape index (κ1) is 14.0. The van der Waals surface area contributed by atoms with Gasteiger partial charge in [0.25, 0.3) is 0 Å². The molecule has 0 bridgehead atoms. The Morgan fingerprint density at radius 3 is 2.82 bits per heavy atom. The first-order chi connectivity index (χ1) is 8.15. The van der Waals surface area contributed by atoms with Gasteiger partial charge >= 0.3 is 5.97 Å². The fraction of sp³-hybridized carbons (Fsp3) is 0.833. The highest BCUT2D eigenvalue weighted by atomic mass is 16.4. The van der Waals surface area contributed by atoms with Crippen LogP contribution in [0.4, 0.5) is 0 Å². The van der Waals surface area contributed by atoms with Gasteiger partial charge in [-0.25, -0.2) is 4.79 Å². The van der Waals surface area contributed by atoms with Gasteiger partial charge in [0.2, 0.25) is 5.91 Å². The molecule has 1 aliphatic rings. The summed E-state index contributed by atoms with van der Waals surface area (Å²) in [6.07, 6.45) is 5.26. The zero-order valence-electron chi connectivity index (χ0n) is 10.4. The monoisotopic (exact) mass is 242 g/mol. The predicted octanol–water partition coefficient (Wildman–Crippen LogP) is 0.888. The molecule has 3 N–H and O–H groups in total. The van der Waals surface area contributed by atoms with Crippen molar-refractivity contribution in [1.29, 1.82) is 0 Å². The van der Waals surface area contributed by atoms with Crippen LogP contribution < -0.4 is 10.6 Å². The summed E-state index contributed by atoms with van der Waals surface area (Å²) in [5.74, 6) is -1.12. The highest BCUT2D eigenvalue weighted by Gasteiger charge is 2.24. The first-order valence-corrected chi connectivity index (χ1v) is 6.41. The molecule has 5 nitrogen and oxygen atoms in total. The number of rotatable bonds is 5. The number of hydrogen-bond donors (Lipinski definition) is 3.